The molecule has 0 atom stereocenters. The summed E-state index contributed by atoms with van der Waals surface area (Å²) in [5.74, 6) is 1.90. The summed E-state index contributed by atoms with van der Waals surface area (Å²) >= 11 is 0. The number of likely N-dealkylation sites (N-methyl/N-ethyl adjacent to an activating group) is 1. The summed E-state index contributed by atoms with van der Waals surface area (Å²) in [7, 11) is 0. The minimum atomic E-state index is 0.719. The van der Waals surface area contributed by atoms with E-state index in [1.807, 2.05) is 30.3 Å². The average Bonchev–Trinajstić information content (AvgIpc) is 3.06. The fourth-order valence-electron chi connectivity index (χ4n) is 2.35. The standard InChI is InChI=1S/C18H26N2O2/c1-3-20(4-2)11-13-22-18-10-6-5-8-16(18)14-19-15-17-9-7-12-21-17/h5-10,12,19H,3-4,11,13-15H2,1-2H3. The lowest BCUT2D eigenvalue weighted by Crippen LogP contribution is -2.28. The zero-order valence-corrected chi connectivity index (χ0v) is 13.5. The van der Waals surface area contributed by atoms with Gasteiger partial charge in [-0.15, -0.1) is 0 Å². The lowest BCUT2D eigenvalue weighted by atomic mass is 10.2. The molecule has 0 amide bonds. The molecule has 4 heteroatoms. The van der Waals surface area contributed by atoms with Crippen LogP contribution in [0, 0.1) is 0 Å². The summed E-state index contributed by atoms with van der Waals surface area (Å²) in [6.45, 7) is 9.64. The maximum absolute atomic E-state index is 5.95. The molecule has 4 nitrogen and oxygen atoms in total. The maximum Gasteiger partial charge on any atom is 0.123 e. The molecule has 2 aromatic rings. The van der Waals surface area contributed by atoms with Crippen LogP contribution in [0.15, 0.2) is 47.1 Å². The first-order chi connectivity index (χ1) is 10.8. The van der Waals surface area contributed by atoms with E-state index in [2.05, 4.69) is 30.1 Å². The minimum Gasteiger partial charge on any atom is -0.492 e. The van der Waals surface area contributed by atoms with Gasteiger partial charge in [-0.1, -0.05) is 32.0 Å². The second-order valence-corrected chi connectivity index (χ2v) is 5.17. The Kier molecular flexibility index (Phi) is 7.00. The predicted octanol–water partition coefficient (Wildman–Crippen LogP) is 3.29. The van der Waals surface area contributed by atoms with Gasteiger partial charge >= 0.3 is 0 Å². The highest BCUT2D eigenvalue weighted by molar-refractivity contribution is 5.33. The Morgan fingerprint density at radius 2 is 1.86 bits per heavy atom. The number of hydrogen-bond donors (Lipinski definition) is 1. The van der Waals surface area contributed by atoms with E-state index >= 15 is 0 Å². The van der Waals surface area contributed by atoms with Crippen molar-refractivity contribution in [2.24, 2.45) is 0 Å². The largest absolute Gasteiger partial charge is 0.492 e. The number of nitrogens with one attached hydrogen (secondary N) is 1. The number of ether oxygens (including phenoxy) is 1. The Hall–Kier alpha value is -1.78. The van der Waals surface area contributed by atoms with Crippen LogP contribution in [0.5, 0.6) is 5.75 Å². The number of para-hydroxylation sites is 1. The molecule has 120 valence electrons. The predicted molar refractivity (Wildman–Crippen MR) is 89.0 cm³/mol. The van der Waals surface area contributed by atoms with E-state index in [1.54, 1.807) is 6.26 Å². The number of rotatable bonds is 10. The first-order valence-corrected chi connectivity index (χ1v) is 7.99. The lowest BCUT2D eigenvalue weighted by molar-refractivity contribution is 0.221. The van der Waals surface area contributed by atoms with Gasteiger partial charge in [0.15, 0.2) is 0 Å². The monoisotopic (exact) mass is 302 g/mol. The van der Waals surface area contributed by atoms with Gasteiger partial charge in [-0.05, 0) is 31.3 Å². The molecule has 1 aromatic carbocycles. The smallest absolute Gasteiger partial charge is 0.123 e. The van der Waals surface area contributed by atoms with E-state index < -0.39 is 0 Å². The van der Waals surface area contributed by atoms with E-state index in [9.17, 15) is 0 Å². The third kappa shape index (κ3) is 5.20. The average molecular weight is 302 g/mol. The van der Waals surface area contributed by atoms with Crippen molar-refractivity contribution >= 4 is 0 Å². The van der Waals surface area contributed by atoms with Crippen LogP contribution in [0.2, 0.25) is 0 Å². The first kappa shape index (κ1) is 16.6. The van der Waals surface area contributed by atoms with Crippen LogP contribution < -0.4 is 10.1 Å². The normalized spacial score (nSPS) is 11.0. The fourth-order valence-corrected chi connectivity index (χ4v) is 2.35. The highest BCUT2D eigenvalue weighted by atomic mass is 16.5. The minimum absolute atomic E-state index is 0.719. The van der Waals surface area contributed by atoms with Crippen molar-refractivity contribution < 1.29 is 9.15 Å². The van der Waals surface area contributed by atoms with Gasteiger partial charge in [-0.2, -0.15) is 0 Å². The van der Waals surface area contributed by atoms with Gasteiger partial charge in [-0.25, -0.2) is 0 Å². The Morgan fingerprint density at radius 3 is 2.59 bits per heavy atom. The van der Waals surface area contributed by atoms with Gasteiger partial charge < -0.3 is 19.4 Å². The molecular formula is C18H26N2O2. The van der Waals surface area contributed by atoms with Crippen molar-refractivity contribution in [3.8, 4) is 5.75 Å². The van der Waals surface area contributed by atoms with E-state index in [0.29, 0.717) is 0 Å². The summed E-state index contributed by atoms with van der Waals surface area (Å²) < 4.78 is 11.3. The van der Waals surface area contributed by atoms with Crippen molar-refractivity contribution in [1.82, 2.24) is 10.2 Å². The molecular weight excluding hydrogens is 276 g/mol. The maximum atomic E-state index is 5.95. The molecule has 0 unspecified atom stereocenters. The number of benzene rings is 1. The quantitative estimate of drug-likeness (QED) is 0.731. The van der Waals surface area contributed by atoms with E-state index in [1.165, 1.54) is 5.56 Å². The van der Waals surface area contributed by atoms with Gasteiger partial charge in [0.25, 0.3) is 0 Å². The molecule has 0 fully saturated rings. The van der Waals surface area contributed by atoms with Gasteiger partial charge in [-0.3, -0.25) is 0 Å². The molecule has 0 radical (unpaired) electrons. The van der Waals surface area contributed by atoms with E-state index in [0.717, 1.165) is 50.8 Å². The Labute approximate surface area is 133 Å². The number of hydrogen-bond acceptors (Lipinski definition) is 4. The van der Waals surface area contributed by atoms with Gasteiger partial charge in [0, 0.05) is 18.7 Å². The van der Waals surface area contributed by atoms with Crippen LogP contribution in [0.3, 0.4) is 0 Å². The molecule has 1 heterocycles. The molecule has 1 aromatic heterocycles. The molecule has 0 aliphatic carbocycles. The lowest BCUT2D eigenvalue weighted by Gasteiger charge is -2.19. The van der Waals surface area contributed by atoms with Gasteiger partial charge in [0.1, 0.15) is 18.1 Å². The summed E-state index contributed by atoms with van der Waals surface area (Å²) in [5.41, 5.74) is 1.17. The summed E-state index contributed by atoms with van der Waals surface area (Å²) in [6.07, 6.45) is 1.70. The van der Waals surface area contributed by atoms with Crippen molar-refractivity contribution in [2.45, 2.75) is 26.9 Å². The molecule has 0 spiro atoms. The molecule has 0 aliphatic rings. The third-order valence-corrected chi connectivity index (χ3v) is 3.73. The number of furan rings is 1. The molecule has 2 rings (SSSR count). The van der Waals surface area contributed by atoms with Crippen LogP contribution in [0.25, 0.3) is 0 Å². The summed E-state index contributed by atoms with van der Waals surface area (Å²) in [5, 5.41) is 3.38. The van der Waals surface area contributed by atoms with Gasteiger partial charge in [0.2, 0.25) is 0 Å². The van der Waals surface area contributed by atoms with Crippen LogP contribution in [0.1, 0.15) is 25.2 Å². The van der Waals surface area contributed by atoms with Crippen molar-refractivity contribution in [1.29, 1.82) is 0 Å². The Balaban J connectivity index is 1.81. The zero-order valence-electron chi connectivity index (χ0n) is 13.5. The van der Waals surface area contributed by atoms with Gasteiger partial charge in [0.05, 0.1) is 12.8 Å². The molecule has 0 saturated heterocycles. The van der Waals surface area contributed by atoms with Crippen LogP contribution in [-0.2, 0) is 13.1 Å². The van der Waals surface area contributed by atoms with E-state index in [-0.39, 0.29) is 0 Å². The highest BCUT2D eigenvalue weighted by Crippen LogP contribution is 2.18. The summed E-state index contributed by atoms with van der Waals surface area (Å²) in [6, 6.07) is 12.1. The number of nitrogens with zero attached hydrogens (tertiary/aromatic N) is 1. The fraction of sp³-hybridized carbons (Fsp3) is 0.444. The third-order valence-electron chi connectivity index (χ3n) is 3.73. The molecule has 0 aliphatic heterocycles. The first-order valence-electron chi connectivity index (χ1n) is 7.99. The molecule has 0 saturated carbocycles. The molecule has 22 heavy (non-hydrogen) atoms. The summed E-state index contributed by atoms with van der Waals surface area (Å²) in [4.78, 5) is 2.36. The van der Waals surface area contributed by atoms with Crippen molar-refractivity contribution in [2.75, 3.05) is 26.2 Å². The van der Waals surface area contributed by atoms with Crippen molar-refractivity contribution in [3.63, 3.8) is 0 Å². The second-order valence-electron chi connectivity index (χ2n) is 5.17. The van der Waals surface area contributed by atoms with Crippen molar-refractivity contribution in [3.05, 3.63) is 54.0 Å². The Morgan fingerprint density at radius 1 is 1.05 bits per heavy atom. The van der Waals surface area contributed by atoms with Crippen LogP contribution in [0.4, 0.5) is 0 Å². The highest BCUT2D eigenvalue weighted by Gasteiger charge is 2.05. The van der Waals surface area contributed by atoms with E-state index in [4.69, 9.17) is 9.15 Å². The topological polar surface area (TPSA) is 37.6 Å². The van der Waals surface area contributed by atoms with Crippen LogP contribution >= 0.6 is 0 Å². The zero-order chi connectivity index (χ0) is 15.6. The molecule has 0 bridgehead atoms. The SMILES string of the molecule is CCN(CC)CCOc1ccccc1CNCc1ccco1. The molecule has 1 N–H and O–H groups in total. The second kappa shape index (κ2) is 9.28. The van der Waals surface area contributed by atoms with Crippen LogP contribution in [-0.4, -0.2) is 31.1 Å². The Bertz CT molecular complexity index is 522.